The summed E-state index contributed by atoms with van der Waals surface area (Å²) >= 11 is 12.4. The van der Waals surface area contributed by atoms with Gasteiger partial charge in [0, 0.05) is 6.54 Å². The Bertz CT molecular complexity index is 703. The van der Waals surface area contributed by atoms with Gasteiger partial charge in [-0.15, -0.1) is 23.2 Å². The van der Waals surface area contributed by atoms with Gasteiger partial charge >= 0.3 is 0 Å². The number of fused-ring (bicyclic) bond motifs is 1. The number of halogens is 2. The van der Waals surface area contributed by atoms with E-state index in [1.165, 1.54) is 4.90 Å². The van der Waals surface area contributed by atoms with Crippen molar-refractivity contribution in [2.75, 3.05) is 13.2 Å². The van der Waals surface area contributed by atoms with Crippen molar-refractivity contribution in [1.29, 1.82) is 0 Å². The van der Waals surface area contributed by atoms with Gasteiger partial charge in [0.25, 0.3) is 0 Å². The molecule has 140 valence electrons. The molecule has 0 unspecified atom stereocenters. The van der Waals surface area contributed by atoms with E-state index < -0.39 is 47.3 Å². The molecular formula is C17H19Cl2N3O4. The molecule has 9 heteroatoms. The number of nitrogens with zero attached hydrogens (tertiary/aromatic N) is 1. The van der Waals surface area contributed by atoms with Crippen molar-refractivity contribution in [3.8, 4) is 0 Å². The number of rotatable bonds is 2. The highest BCUT2D eigenvalue weighted by atomic mass is 35.5. The third-order valence-electron chi connectivity index (χ3n) is 4.66. The van der Waals surface area contributed by atoms with Gasteiger partial charge in [-0.25, -0.2) is 0 Å². The molecule has 2 saturated heterocycles. The van der Waals surface area contributed by atoms with Crippen LogP contribution < -0.4 is 10.6 Å². The van der Waals surface area contributed by atoms with E-state index in [0.717, 1.165) is 5.56 Å². The second-order valence-electron chi connectivity index (χ2n) is 6.37. The summed E-state index contributed by atoms with van der Waals surface area (Å²) in [5.41, 5.74) is 0.749. The van der Waals surface area contributed by atoms with Crippen molar-refractivity contribution in [3.05, 3.63) is 35.9 Å². The number of carbonyl (C=O) groups is 3. The van der Waals surface area contributed by atoms with E-state index in [-0.39, 0.29) is 18.9 Å². The molecule has 7 nitrogen and oxygen atoms in total. The summed E-state index contributed by atoms with van der Waals surface area (Å²) in [6.45, 7) is -0.428. The molecule has 3 amide bonds. The second-order valence-corrected chi connectivity index (χ2v) is 7.44. The van der Waals surface area contributed by atoms with Gasteiger partial charge in [0.15, 0.2) is 0 Å². The Labute approximate surface area is 160 Å². The van der Waals surface area contributed by atoms with E-state index in [4.69, 9.17) is 23.2 Å². The van der Waals surface area contributed by atoms with E-state index in [2.05, 4.69) is 10.6 Å². The lowest BCUT2D eigenvalue weighted by Gasteiger charge is -2.31. The lowest BCUT2D eigenvalue weighted by Crippen LogP contribution is -2.58. The summed E-state index contributed by atoms with van der Waals surface area (Å²) in [5, 5.41) is 13.3. The average molecular weight is 400 g/mol. The summed E-state index contributed by atoms with van der Waals surface area (Å²) < 4.78 is 0. The van der Waals surface area contributed by atoms with Crippen LogP contribution in [0.4, 0.5) is 0 Å². The molecule has 0 spiro atoms. The molecule has 0 radical (unpaired) electrons. The first-order valence-electron chi connectivity index (χ1n) is 8.26. The van der Waals surface area contributed by atoms with Crippen molar-refractivity contribution in [2.24, 2.45) is 0 Å². The first-order chi connectivity index (χ1) is 12.4. The molecule has 0 bridgehead atoms. The van der Waals surface area contributed by atoms with Gasteiger partial charge in [-0.2, -0.15) is 0 Å². The highest BCUT2D eigenvalue weighted by Crippen LogP contribution is 2.30. The number of hydrogen-bond acceptors (Lipinski definition) is 4. The maximum Gasteiger partial charge on any atom is 0.245 e. The molecule has 26 heavy (non-hydrogen) atoms. The van der Waals surface area contributed by atoms with Gasteiger partial charge < -0.3 is 20.6 Å². The first-order valence-corrected chi connectivity index (χ1v) is 9.13. The zero-order valence-electron chi connectivity index (χ0n) is 13.8. The fraction of sp³-hybridized carbons (Fsp3) is 0.471. The van der Waals surface area contributed by atoms with Crippen LogP contribution in [0, 0.1) is 0 Å². The molecule has 2 aliphatic heterocycles. The number of amides is 3. The predicted molar refractivity (Wildman–Crippen MR) is 95.7 cm³/mol. The number of aliphatic hydroxyl groups excluding tert-OH is 1. The third-order valence-corrected chi connectivity index (χ3v) is 5.74. The lowest BCUT2D eigenvalue weighted by atomic mass is 10.0. The predicted octanol–water partition coefficient (Wildman–Crippen LogP) is 0.150. The number of carbonyl (C=O) groups excluding carboxylic acids is 3. The molecule has 5 atom stereocenters. The average Bonchev–Trinajstić information content (AvgIpc) is 2.94. The minimum absolute atomic E-state index is 0.0368. The molecule has 0 aromatic heterocycles. The molecule has 2 aliphatic rings. The summed E-state index contributed by atoms with van der Waals surface area (Å²) in [5.74, 6) is -1.49. The Morgan fingerprint density at radius 2 is 1.77 bits per heavy atom. The topological polar surface area (TPSA) is 98.7 Å². The van der Waals surface area contributed by atoms with Gasteiger partial charge in [0.1, 0.15) is 12.1 Å². The van der Waals surface area contributed by atoms with E-state index in [1.807, 2.05) is 6.07 Å². The SMILES string of the molecule is O=C1N[C@@H](c2ccccc2)CC(=O)N2C[C@@H](Cl)[C@@H](Cl)[C@H]2C(=O)N[C@H]1CO. The van der Waals surface area contributed by atoms with E-state index in [1.54, 1.807) is 24.3 Å². The van der Waals surface area contributed by atoms with Crippen molar-refractivity contribution in [3.63, 3.8) is 0 Å². The summed E-state index contributed by atoms with van der Waals surface area (Å²) in [7, 11) is 0. The van der Waals surface area contributed by atoms with Crippen LogP contribution >= 0.6 is 23.2 Å². The summed E-state index contributed by atoms with van der Waals surface area (Å²) in [6, 6.07) is 6.32. The summed E-state index contributed by atoms with van der Waals surface area (Å²) in [4.78, 5) is 39.2. The zero-order chi connectivity index (χ0) is 18.8. The molecular weight excluding hydrogens is 381 g/mol. The maximum absolute atomic E-state index is 12.8. The van der Waals surface area contributed by atoms with Crippen LogP contribution in [0.2, 0.25) is 0 Å². The van der Waals surface area contributed by atoms with Crippen LogP contribution in [0.3, 0.4) is 0 Å². The normalized spacial score (nSPS) is 32.7. The zero-order valence-corrected chi connectivity index (χ0v) is 15.3. The van der Waals surface area contributed by atoms with Crippen LogP contribution in [0.5, 0.6) is 0 Å². The minimum atomic E-state index is -1.14. The first kappa shape index (κ1) is 18.9. The van der Waals surface area contributed by atoms with Crippen LogP contribution in [0.15, 0.2) is 30.3 Å². The number of alkyl halides is 2. The highest BCUT2D eigenvalue weighted by Gasteiger charge is 2.47. The molecule has 3 rings (SSSR count). The van der Waals surface area contributed by atoms with Crippen LogP contribution in [-0.4, -0.2) is 63.7 Å². The van der Waals surface area contributed by atoms with E-state index in [0.29, 0.717) is 0 Å². The van der Waals surface area contributed by atoms with Crippen LogP contribution in [-0.2, 0) is 14.4 Å². The van der Waals surface area contributed by atoms with E-state index >= 15 is 0 Å². The smallest absolute Gasteiger partial charge is 0.245 e. The molecule has 3 N–H and O–H groups in total. The Morgan fingerprint density at radius 1 is 1.08 bits per heavy atom. The Morgan fingerprint density at radius 3 is 2.42 bits per heavy atom. The number of hydrogen-bond donors (Lipinski definition) is 3. The highest BCUT2D eigenvalue weighted by molar-refractivity contribution is 6.32. The van der Waals surface area contributed by atoms with Crippen molar-refractivity contribution >= 4 is 40.9 Å². The lowest BCUT2D eigenvalue weighted by molar-refractivity contribution is -0.141. The number of aliphatic hydroxyl groups is 1. The third kappa shape index (κ3) is 3.65. The molecule has 2 heterocycles. The minimum Gasteiger partial charge on any atom is -0.394 e. The largest absolute Gasteiger partial charge is 0.394 e. The van der Waals surface area contributed by atoms with Gasteiger partial charge in [0.2, 0.25) is 17.7 Å². The molecule has 0 aliphatic carbocycles. The standard InChI is InChI=1S/C17H19Cl2N3O4/c18-10-7-22-13(24)6-11(9-4-2-1-3-5-9)20-16(25)12(8-23)21-17(26)15(22)14(10)19/h1-5,10-12,14-15,23H,6-8H2,(H,20,25)(H,21,26)/t10-,11-,12+,14-,15+/m1/s1. The van der Waals surface area contributed by atoms with Crippen molar-refractivity contribution in [2.45, 2.75) is 35.3 Å². The van der Waals surface area contributed by atoms with Crippen LogP contribution in [0.25, 0.3) is 0 Å². The fourth-order valence-corrected chi connectivity index (χ4v) is 3.88. The van der Waals surface area contributed by atoms with Crippen molar-refractivity contribution < 1.29 is 19.5 Å². The molecule has 1 aromatic carbocycles. The molecule has 0 saturated carbocycles. The maximum atomic E-state index is 12.8. The van der Waals surface area contributed by atoms with Gasteiger partial charge in [-0.1, -0.05) is 30.3 Å². The van der Waals surface area contributed by atoms with Crippen LogP contribution in [0.1, 0.15) is 18.0 Å². The summed E-state index contributed by atoms with van der Waals surface area (Å²) in [6.07, 6.45) is -0.0368. The van der Waals surface area contributed by atoms with E-state index in [9.17, 15) is 19.5 Å². The van der Waals surface area contributed by atoms with Gasteiger partial charge in [0.05, 0.1) is 29.8 Å². The van der Waals surface area contributed by atoms with Gasteiger partial charge in [-0.05, 0) is 5.56 Å². The Balaban J connectivity index is 1.96. The molecule has 1 aromatic rings. The van der Waals surface area contributed by atoms with Gasteiger partial charge in [-0.3, -0.25) is 14.4 Å². The molecule has 2 fully saturated rings. The number of nitrogens with one attached hydrogen (secondary N) is 2. The van der Waals surface area contributed by atoms with Crippen molar-refractivity contribution in [1.82, 2.24) is 15.5 Å². The number of benzene rings is 1. The fourth-order valence-electron chi connectivity index (χ4n) is 3.27. The monoisotopic (exact) mass is 399 g/mol. The Kier molecular flexibility index (Phi) is 5.70. The Hall–Kier alpha value is -1.83. The quantitative estimate of drug-likeness (QED) is 0.616. The second kappa shape index (κ2) is 7.82.